The van der Waals surface area contributed by atoms with Crippen molar-refractivity contribution in [2.45, 2.75) is 38.1 Å². The minimum absolute atomic E-state index is 0.0630. The van der Waals surface area contributed by atoms with Crippen LogP contribution in [0.15, 0.2) is 42.5 Å². The Hall–Kier alpha value is -3.26. The van der Waals surface area contributed by atoms with E-state index in [0.29, 0.717) is 17.1 Å². The number of benzene rings is 2. The van der Waals surface area contributed by atoms with Gasteiger partial charge in [0.25, 0.3) is 5.91 Å². The lowest BCUT2D eigenvalue weighted by atomic mass is 9.72. The molecule has 1 amide bonds. The van der Waals surface area contributed by atoms with Gasteiger partial charge in [-0.05, 0) is 48.9 Å². The molecule has 0 bridgehead atoms. The Morgan fingerprint density at radius 1 is 1.19 bits per heavy atom. The van der Waals surface area contributed by atoms with Crippen LogP contribution in [0.1, 0.15) is 36.5 Å². The van der Waals surface area contributed by atoms with E-state index >= 15 is 0 Å². The Morgan fingerprint density at radius 3 is 2.43 bits per heavy atom. The summed E-state index contributed by atoms with van der Waals surface area (Å²) in [5.74, 6) is 5.41. The zero-order chi connectivity index (χ0) is 27.4. The van der Waals surface area contributed by atoms with Gasteiger partial charge in [0, 0.05) is 30.0 Å². The Balaban J connectivity index is 1.79. The standard InChI is InChI=1S/C27H30F3NO6/c1-17(33)26(2)16-31(25(35)22(34)15-32)14-21(26)19-8-11-23(36-3)24(13-19)37-12-4-5-18-6-9-20(10-7-18)27(28,29)30/h6-11,13,17,21-22,32-34H,12,14-16H2,1-3H3/t17-,21+,22-,26+/m1/s1. The second-order valence-electron chi connectivity index (χ2n) is 9.23. The number of hydrogen-bond donors (Lipinski definition) is 3. The number of methoxy groups -OCH3 is 1. The molecular weight excluding hydrogens is 491 g/mol. The molecule has 2 aromatic carbocycles. The number of ether oxygens (including phenoxy) is 2. The Labute approximate surface area is 213 Å². The Bertz CT molecular complexity index is 1160. The van der Waals surface area contributed by atoms with Gasteiger partial charge in [-0.2, -0.15) is 13.2 Å². The summed E-state index contributed by atoms with van der Waals surface area (Å²) in [5, 5.41) is 29.5. The van der Waals surface area contributed by atoms with Crippen LogP contribution in [0.4, 0.5) is 13.2 Å². The van der Waals surface area contributed by atoms with E-state index in [0.717, 1.165) is 17.7 Å². The zero-order valence-electron chi connectivity index (χ0n) is 20.7. The smallest absolute Gasteiger partial charge is 0.416 e. The minimum Gasteiger partial charge on any atom is -0.493 e. The first-order valence-corrected chi connectivity index (χ1v) is 11.6. The van der Waals surface area contributed by atoms with Crippen molar-refractivity contribution in [3.8, 4) is 23.3 Å². The number of nitrogens with zero attached hydrogens (tertiary/aromatic N) is 1. The molecule has 0 saturated carbocycles. The largest absolute Gasteiger partial charge is 0.493 e. The van der Waals surface area contributed by atoms with Crippen LogP contribution in [-0.2, 0) is 11.0 Å². The maximum absolute atomic E-state index is 12.7. The number of amides is 1. The SMILES string of the molecule is COc1ccc([C@@H]2CN(C(=O)[C@H](O)CO)C[C@@]2(C)[C@@H](C)O)cc1OCC#Cc1ccc(C(F)(F)F)cc1. The van der Waals surface area contributed by atoms with Crippen LogP contribution in [0.25, 0.3) is 0 Å². The van der Waals surface area contributed by atoms with Crippen molar-refractivity contribution in [1.82, 2.24) is 4.90 Å². The van der Waals surface area contributed by atoms with Crippen molar-refractivity contribution in [3.63, 3.8) is 0 Å². The average molecular weight is 522 g/mol. The van der Waals surface area contributed by atoms with Crippen LogP contribution >= 0.6 is 0 Å². The third kappa shape index (κ3) is 6.36. The van der Waals surface area contributed by atoms with E-state index in [1.54, 1.807) is 25.1 Å². The van der Waals surface area contributed by atoms with Gasteiger partial charge in [0.1, 0.15) is 6.61 Å². The molecule has 4 atom stereocenters. The molecule has 1 aliphatic heterocycles. The van der Waals surface area contributed by atoms with Crippen LogP contribution < -0.4 is 9.47 Å². The zero-order valence-corrected chi connectivity index (χ0v) is 20.7. The highest BCUT2D eigenvalue weighted by Gasteiger charge is 2.49. The number of likely N-dealkylation sites (tertiary alicyclic amines) is 1. The molecule has 1 aliphatic rings. The van der Waals surface area contributed by atoms with Crippen LogP contribution in [0.5, 0.6) is 11.5 Å². The van der Waals surface area contributed by atoms with E-state index in [4.69, 9.17) is 14.6 Å². The van der Waals surface area contributed by atoms with Gasteiger partial charge in [-0.1, -0.05) is 24.8 Å². The maximum Gasteiger partial charge on any atom is 0.416 e. The molecule has 2 aromatic rings. The van der Waals surface area contributed by atoms with Gasteiger partial charge in [0.2, 0.25) is 0 Å². The first kappa shape index (κ1) is 28.3. The third-order valence-electron chi connectivity index (χ3n) is 6.79. The predicted molar refractivity (Wildman–Crippen MR) is 129 cm³/mol. The first-order valence-electron chi connectivity index (χ1n) is 11.6. The quantitative estimate of drug-likeness (QED) is 0.485. The lowest BCUT2D eigenvalue weighted by molar-refractivity contribution is -0.141. The van der Waals surface area contributed by atoms with E-state index in [9.17, 15) is 28.2 Å². The molecule has 1 heterocycles. The molecule has 10 heteroatoms. The van der Waals surface area contributed by atoms with E-state index in [-0.39, 0.29) is 25.6 Å². The van der Waals surface area contributed by atoms with E-state index in [1.807, 2.05) is 6.92 Å². The molecule has 200 valence electrons. The molecule has 3 N–H and O–H groups in total. The van der Waals surface area contributed by atoms with Crippen molar-refractivity contribution in [3.05, 3.63) is 59.2 Å². The summed E-state index contributed by atoms with van der Waals surface area (Å²) in [5.41, 5.74) is -0.313. The molecule has 0 aliphatic carbocycles. The molecule has 0 radical (unpaired) electrons. The number of aliphatic hydroxyl groups excluding tert-OH is 3. The van der Waals surface area contributed by atoms with Crippen molar-refractivity contribution in [2.24, 2.45) is 5.41 Å². The molecule has 0 aromatic heterocycles. The lowest BCUT2D eigenvalue weighted by Gasteiger charge is -2.34. The molecule has 1 saturated heterocycles. The summed E-state index contributed by atoms with van der Waals surface area (Å²) in [7, 11) is 1.47. The van der Waals surface area contributed by atoms with Crippen molar-refractivity contribution in [1.29, 1.82) is 0 Å². The van der Waals surface area contributed by atoms with Gasteiger partial charge in [0.05, 0.1) is 25.4 Å². The van der Waals surface area contributed by atoms with Crippen molar-refractivity contribution < 1.29 is 42.8 Å². The monoisotopic (exact) mass is 521 g/mol. The molecule has 7 nitrogen and oxygen atoms in total. The average Bonchev–Trinajstić information content (AvgIpc) is 3.24. The maximum atomic E-state index is 12.7. The third-order valence-corrected chi connectivity index (χ3v) is 6.79. The summed E-state index contributed by atoms with van der Waals surface area (Å²) in [4.78, 5) is 13.9. The van der Waals surface area contributed by atoms with Gasteiger partial charge in [-0.15, -0.1) is 0 Å². The number of halogens is 3. The number of carbonyl (C=O) groups excluding carboxylic acids is 1. The summed E-state index contributed by atoms with van der Waals surface area (Å²) >= 11 is 0. The van der Waals surface area contributed by atoms with E-state index < -0.39 is 41.9 Å². The number of rotatable bonds is 7. The van der Waals surface area contributed by atoms with Crippen LogP contribution in [0.2, 0.25) is 0 Å². The molecule has 1 fully saturated rings. The fourth-order valence-corrected chi connectivity index (χ4v) is 4.40. The summed E-state index contributed by atoms with van der Waals surface area (Å²) in [6.45, 7) is 3.14. The second kappa shape index (κ2) is 11.4. The highest BCUT2D eigenvalue weighted by atomic mass is 19.4. The van der Waals surface area contributed by atoms with Crippen molar-refractivity contribution in [2.75, 3.05) is 33.4 Å². The van der Waals surface area contributed by atoms with Gasteiger partial charge in [-0.3, -0.25) is 4.79 Å². The Morgan fingerprint density at radius 2 is 1.86 bits per heavy atom. The molecule has 37 heavy (non-hydrogen) atoms. The lowest BCUT2D eigenvalue weighted by Crippen LogP contribution is -2.42. The second-order valence-corrected chi connectivity index (χ2v) is 9.23. The highest BCUT2D eigenvalue weighted by molar-refractivity contribution is 5.81. The van der Waals surface area contributed by atoms with Gasteiger partial charge < -0.3 is 29.7 Å². The van der Waals surface area contributed by atoms with Gasteiger partial charge in [-0.25, -0.2) is 0 Å². The Kier molecular flexibility index (Phi) is 8.74. The summed E-state index contributed by atoms with van der Waals surface area (Å²) in [6.07, 6.45) is -6.74. The summed E-state index contributed by atoms with van der Waals surface area (Å²) in [6, 6.07) is 9.74. The molecule has 0 unspecified atom stereocenters. The fourth-order valence-electron chi connectivity index (χ4n) is 4.40. The van der Waals surface area contributed by atoms with Crippen LogP contribution in [-0.4, -0.2) is 71.7 Å². The highest BCUT2D eigenvalue weighted by Crippen LogP contribution is 2.47. The normalized spacial score (nSPS) is 21.1. The predicted octanol–water partition coefficient (Wildman–Crippen LogP) is 2.81. The topological polar surface area (TPSA) is 99.5 Å². The summed E-state index contributed by atoms with van der Waals surface area (Å²) < 4.78 is 49.3. The van der Waals surface area contributed by atoms with E-state index in [2.05, 4.69) is 11.8 Å². The van der Waals surface area contributed by atoms with Crippen LogP contribution in [0.3, 0.4) is 0 Å². The molecule has 3 rings (SSSR count). The van der Waals surface area contributed by atoms with Crippen molar-refractivity contribution >= 4 is 5.91 Å². The number of alkyl halides is 3. The number of aliphatic hydroxyl groups is 3. The molecular formula is C27H30F3NO6. The first-order chi connectivity index (χ1) is 17.4. The number of hydrogen-bond acceptors (Lipinski definition) is 6. The van der Waals surface area contributed by atoms with Gasteiger partial charge in [0.15, 0.2) is 17.6 Å². The van der Waals surface area contributed by atoms with Crippen LogP contribution in [0, 0.1) is 17.3 Å². The van der Waals surface area contributed by atoms with Gasteiger partial charge >= 0.3 is 6.18 Å². The minimum atomic E-state index is -4.41. The fraction of sp³-hybridized carbons (Fsp3) is 0.444. The molecule has 0 spiro atoms. The number of carbonyl (C=O) groups is 1. The van der Waals surface area contributed by atoms with E-state index in [1.165, 1.54) is 24.1 Å².